The van der Waals surface area contributed by atoms with Crippen LogP contribution in [0.5, 0.6) is 0 Å². The Morgan fingerprint density at radius 3 is 3.07 bits per heavy atom. The van der Waals surface area contributed by atoms with E-state index >= 15 is 0 Å². The molecule has 3 N–H and O–H groups in total. The fourth-order valence-corrected chi connectivity index (χ4v) is 2.98. The standard InChI is InChI=1S/C11H15ClN2S/c12-8-3-4-11(10(13)6-8)15-7-9-2-1-5-14-9/h3-4,6,9,14H,1-2,5,7,13H2/t9-/m0/s1. The van der Waals surface area contributed by atoms with Gasteiger partial charge in [0.1, 0.15) is 0 Å². The highest BCUT2D eigenvalue weighted by Gasteiger charge is 2.14. The zero-order valence-corrected chi connectivity index (χ0v) is 10.1. The van der Waals surface area contributed by atoms with Crippen molar-refractivity contribution in [1.29, 1.82) is 0 Å². The molecule has 0 bridgehead atoms. The van der Waals surface area contributed by atoms with Gasteiger partial charge in [0, 0.05) is 27.4 Å². The second kappa shape index (κ2) is 5.10. The largest absolute Gasteiger partial charge is 0.398 e. The number of hydrogen-bond donors (Lipinski definition) is 2. The summed E-state index contributed by atoms with van der Waals surface area (Å²) >= 11 is 7.65. The molecule has 4 heteroatoms. The Kier molecular flexibility index (Phi) is 3.78. The zero-order valence-electron chi connectivity index (χ0n) is 8.50. The van der Waals surface area contributed by atoms with Crippen LogP contribution >= 0.6 is 23.4 Å². The topological polar surface area (TPSA) is 38.0 Å². The minimum Gasteiger partial charge on any atom is -0.398 e. The molecule has 1 aliphatic rings. The van der Waals surface area contributed by atoms with Crippen molar-refractivity contribution in [3.8, 4) is 0 Å². The normalized spacial score (nSPS) is 20.7. The highest BCUT2D eigenvalue weighted by molar-refractivity contribution is 7.99. The minimum absolute atomic E-state index is 0.644. The summed E-state index contributed by atoms with van der Waals surface area (Å²) in [5, 5.41) is 4.17. The molecular formula is C11H15ClN2S. The van der Waals surface area contributed by atoms with Crippen molar-refractivity contribution in [2.24, 2.45) is 0 Å². The molecular weight excluding hydrogens is 228 g/mol. The molecule has 1 saturated heterocycles. The van der Waals surface area contributed by atoms with E-state index in [1.165, 1.54) is 12.8 Å². The maximum atomic E-state index is 5.88. The van der Waals surface area contributed by atoms with Gasteiger partial charge >= 0.3 is 0 Å². The van der Waals surface area contributed by atoms with Crippen LogP contribution in [0.1, 0.15) is 12.8 Å². The van der Waals surface area contributed by atoms with Crippen molar-refractivity contribution < 1.29 is 0 Å². The highest BCUT2D eigenvalue weighted by atomic mass is 35.5. The fraction of sp³-hybridized carbons (Fsp3) is 0.455. The van der Waals surface area contributed by atoms with Crippen LogP contribution in [-0.2, 0) is 0 Å². The van der Waals surface area contributed by atoms with Gasteiger partial charge in [0.05, 0.1) is 0 Å². The van der Waals surface area contributed by atoms with E-state index in [1.807, 2.05) is 18.2 Å². The third kappa shape index (κ3) is 3.03. The van der Waals surface area contributed by atoms with E-state index in [0.717, 1.165) is 22.9 Å². The molecule has 0 aromatic heterocycles. The third-order valence-corrected chi connectivity index (χ3v) is 4.06. The van der Waals surface area contributed by atoms with Gasteiger partial charge in [-0.15, -0.1) is 11.8 Å². The van der Waals surface area contributed by atoms with E-state index in [0.29, 0.717) is 11.1 Å². The van der Waals surface area contributed by atoms with E-state index in [1.54, 1.807) is 11.8 Å². The van der Waals surface area contributed by atoms with Crippen LogP contribution in [0.15, 0.2) is 23.1 Å². The molecule has 0 spiro atoms. The predicted octanol–water partition coefficient (Wildman–Crippen LogP) is 2.77. The van der Waals surface area contributed by atoms with Gasteiger partial charge in [-0.05, 0) is 37.6 Å². The monoisotopic (exact) mass is 242 g/mol. The summed E-state index contributed by atoms with van der Waals surface area (Å²) in [6, 6.07) is 6.34. The van der Waals surface area contributed by atoms with Crippen LogP contribution in [-0.4, -0.2) is 18.3 Å². The first kappa shape index (κ1) is 11.1. The average molecular weight is 243 g/mol. The summed E-state index contributed by atoms with van der Waals surface area (Å²) in [6.07, 6.45) is 2.57. The quantitative estimate of drug-likeness (QED) is 0.632. The Balaban J connectivity index is 1.92. The molecule has 1 fully saturated rings. The van der Waals surface area contributed by atoms with Crippen molar-refractivity contribution in [3.05, 3.63) is 23.2 Å². The molecule has 0 unspecified atom stereocenters. The van der Waals surface area contributed by atoms with Gasteiger partial charge in [-0.25, -0.2) is 0 Å². The summed E-state index contributed by atoms with van der Waals surface area (Å²) < 4.78 is 0. The lowest BCUT2D eigenvalue weighted by molar-refractivity contribution is 0.674. The number of halogens is 1. The number of benzene rings is 1. The van der Waals surface area contributed by atoms with Crippen LogP contribution in [0.2, 0.25) is 5.02 Å². The lowest BCUT2D eigenvalue weighted by Gasteiger charge is -2.10. The van der Waals surface area contributed by atoms with Gasteiger partial charge < -0.3 is 11.1 Å². The number of thioether (sulfide) groups is 1. The summed E-state index contributed by atoms with van der Waals surface area (Å²) in [5.41, 5.74) is 6.66. The van der Waals surface area contributed by atoms with Crippen molar-refractivity contribution in [2.45, 2.75) is 23.8 Å². The van der Waals surface area contributed by atoms with Crippen LogP contribution in [0, 0.1) is 0 Å². The number of hydrogen-bond acceptors (Lipinski definition) is 3. The Labute approximate surface area is 99.6 Å². The maximum absolute atomic E-state index is 5.88. The molecule has 0 saturated carbocycles. The molecule has 2 nitrogen and oxygen atoms in total. The summed E-state index contributed by atoms with van der Waals surface area (Å²) in [4.78, 5) is 1.13. The van der Waals surface area contributed by atoms with Gasteiger partial charge in [-0.1, -0.05) is 11.6 Å². The van der Waals surface area contributed by atoms with Gasteiger partial charge in [0.15, 0.2) is 0 Å². The van der Waals surface area contributed by atoms with Crippen molar-refractivity contribution in [2.75, 3.05) is 18.0 Å². The molecule has 15 heavy (non-hydrogen) atoms. The zero-order chi connectivity index (χ0) is 10.7. The van der Waals surface area contributed by atoms with E-state index in [9.17, 15) is 0 Å². The Bertz CT molecular complexity index is 337. The van der Waals surface area contributed by atoms with Crippen molar-refractivity contribution >= 4 is 29.1 Å². The molecule has 1 aromatic carbocycles. The van der Waals surface area contributed by atoms with Gasteiger partial charge in [-0.3, -0.25) is 0 Å². The molecule has 1 heterocycles. The minimum atomic E-state index is 0.644. The molecule has 0 amide bonds. The highest BCUT2D eigenvalue weighted by Crippen LogP contribution is 2.28. The van der Waals surface area contributed by atoms with Gasteiger partial charge in [0.25, 0.3) is 0 Å². The summed E-state index contributed by atoms with van der Waals surface area (Å²) in [7, 11) is 0. The molecule has 0 radical (unpaired) electrons. The maximum Gasteiger partial charge on any atom is 0.0467 e. The van der Waals surface area contributed by atoms with Gasteiger partial charge in [0.2, 0.25) is 0 Å². The first-order valence-corrected chi connectivity index (χ1v) is 6.53. The van der Waals surface area contributed by atoms with Crippen LogP contribution < -0.4 is 11.1 Å². The first-order valence-electron chi connectivity index (χ1n) is 5.17. The smallest absolute Gasteiger partial charge is 0.0467 e. The number of anilines is 1. The molecule has 1 aliphatic heterocycles. The molecule has 1 atom stereocenters. The second-order valence-corrected chi connectivity index (χ2v) is 5.28. The first-order chi connectivity index (χ1) is 7.25. The molecule has 1 aromatic rings. The van der Waals surface area contributed by atoms with Crippen LogP contribution in [0.3, 0.4) is 0 Å². The SMILES string of the molecule is Nc1cc(Cl)ccc1SC[C@@H]1CCCN1. The Hall–Kier alpha value is -0.380. The number of nitrogens with two attached hydrogens (primary N) is 1. The molecule has 0 aliphatic carbocycles. The summed E-state index contributed by atoms with van der Waals surface area (Å²) in [6.45, 7) is 1.15. The van der Waals surface area contributed by atoms with Crippen molar-refractivity contribution in [3.63, 3.8) is 0 Å². The Morgan fingerprint density at radius 1 is 1.53 bits per heavy atom. The lowest BCUT2D eigenvalue weighted by Crippen LogP contribution is -2.23. The third-order valence-electron chi connectivity index (χ3n) is 2.57. The van der Waals surface area contributed by atoms with Crippen LogP contribution in [0.4, 0.5) is 5.69 Å². The number of nitrogens with one attached hydrogen (secondary N) is 1. The second-order valence-electron chi connectivity index (χ2n) is 3.79. The average Bonchev–Trinajstić information content (AvgIpc) is 2.69. The lowest BCUT2D eigenvalue weighted by atomic mass is 10.3. The van der Waals surface area contributed by atoms with Crippen molar-refractivity contribution in [1.82, 2.24) is 5.32 Å². The summed E-state index contributed by atoms with van der Waals surface area (Å²) in [5.74, 6) is 1.09. The number of nitrogen functional groups attached to an aromatic ring is 1. The predicted molar refractivity (Wildman–Crippen MR) is 67.6 cm³/mol. The molecule has 82 valence electrons. The van der Waals surface area contributed by atoms with E-state index in [2.05, 4.69) is 5.32 Å². The van der Waals surface area contributed by atoms with E-state index < -0.39 is 0 Å². The Morgan fingerprint density at radius 2 is 2.40 bits per heavy atom. The number of rotatable bonds is 3. The van der Waals surface area contributed by atoms with E-state index in [4.69, 9.17) is 17.3 Å². The fourth-order valence-electron chi connectivity index (χ4n) is 1.74. The van der Waals surface area contributed by atoms with Crippen LogP contribution in [0.25, 0.3) is 0 Å². The van der Waals surface area contributed by atoms with E-state index in [-0.39, 0.29) is 0 Å². The molecule has 2 rings (SSSR count). The van der Waals surface area contributed by atoms with Gasteiger partial charge in [-0.2, -0.15) is 0 Å².